The minimum absolute atomic E-state index is 0.0508. The Kier molecular flexibility index (Phi) is 12.5. The molecule has 0 bridgehead atoms. The Morgan fingerprint density at radius 1 is 0.785 bits per heavy atom. The number of hydrogen-bond donors (Lipinski definition) is 5. The van der Waals surface area contributed by atoms with Crippen molar-refractivity contribution in [3.63, 3.8) is 0 Å². The molecule has 2 aliphatic heterocycles. The largest absolute Gasteiger partial charge is 0.393 e. The summed E-state index contributed by atoms with van der Waals surface area (Å²) >= 11 is 0. The summed E-state index contributed by atoms with van der Waals surface area (Å²) in [6.07, 6.45) is 7.16. The van der Waals surface area contributed by atoms with E-state index in [1.165, 1.54) is 0 Å². The summed E-state index contributed by atoms with van der Waals surface area (Å²) in [4.78, 5) is 69.8. The van der Waals surface area contributed by atoms with Crippen LogP contribution in [0.3, 0.4) is 0 Å². The topological polar surface area (TPSA) is 192 Å². The highest BCUT2D eigenvalue weighted by Gasteiger charge is 2.45. The Bertz CT molecular complexity index is 2850. The minimum atomic E-state index is -1.02. The van der Waals surface area contributed by atoms with Gasteiger partial charge in [-0.1, -0.05) is 97.4 Å². The van der Waals surface area contributed by atoms with Crippen molar-refractivity contribution in [1.82, 2.24) is 29.7 Å². The van der Waals surface area contributed by atoms with Crippen molar-refractivity contribution in [3.05, 3.63) is 137 Å². The molecule has 2 aromatic heterocycles. The van der Waals surface area contributed by atoms with Crippen molar-refractivity contribution in [1.29, 1.82) is 5.41 Å². The Labute approximate surface area is 376 Å². The van der Waals surface area contributed by atoms with Crippen LogP contribution in [0.1, 0.15) is 102 Å². The first kappa shape index (κ1) is 43.1. The molecule has 5 N–H and O–H groups in total. The van der Waals surface area contributed by atoms with Gasteiger partial charge in [0, 0.05) is 49.8 Å². The first-order chi connectivity index (χ1) is 31.7. The van der Waals surface area contributed by atoms with Gasteiger partial charge in [0.25, 0.3) is 11.8 Å². The number of benzene rings is 4. The Morgan fingerprint density at radius 2 is 1.51 bits per heavy atom. The van der Waals surface area contributed by atoms with E-state index in [0.29, 0.717) is 56.5 Å². The molecule has 1 saturated carbocycles. The van der Waals surface area contributed by atoms with Crippen LogP contribution in [0.25, 0.3) is 33.4 Å². The van der Waals surface area contributed by atoms with E-state index in [2.05, 4.69) is 56.9 Å². The highest BCUT2D eigenvalue weighted by molar-refractivity contribution is 6.25. The van der Waals surface area contributed by atoms with Gasteiger partial charge in [0.15, 0.2) is 0 Å². The number of fused-ring (bicyclic) bond motifs is 2. The molecular formula is C51H52N8O6. The molecule has 4 aromatic carbocycles. The summed E-state index contributed by atoms with van der Waals surface area (Å²) in [7, 11) is 0. The van der Waals surface area contributed by atoms with Gasteiger partial charge in [0.2, 0.25) is 17.7 Å². The van der Waals surface area contributed by atoms with Gasteiger partial charge in [-0.3, -0.25) is 39.6 Å². The Hall–Kier alpha value is -7.19. The molecule has 3 aliphatic rings. The number of anilines is 1. The molecule has 1 atom stereocenters. The van der Waals surface area contributed by atoms with Crippen molar-refractivity contribution in [2.24, 2.45) is 0 Å². The van der Waals surface area contributed by atoms with E-state index in [-0.39, 0.29) is 42.0 Å². The molecule has 14 nitrogen and oxygen atoms in total. The first-order valence-electron chi connectivity index (χ1n) is 22.6. The standard InChI is InChI=1S/C51H52N8O6/c52-47-45-43(34-14-4-1-5-15-34)46(35-16-6-2-7-17-35)57(48(45)55-31-58(47)36-21-23-37(60)24-22-36)30-33-13-10-12-32(28-33)29-54-41(61)20-8-3-9-27-53-39-19-11-18-38-44(39)51(65)59(50(38)64)40-25-26-42(62)56-49(40)63/h1-2,4-7,10-19,28,31,36-37,40,52-53,60H,3,8-9,20-27,29-30H2,(H,54,61)(H,56,62,63)/t36-,37-,40?. The lowest BCUT2D eigenvalue weighted by Gasteiger charge is -2.27. The lowest BCUT2D eigenvalue weighted by atomic mass is 9.93. The van der Waals surface area contributed by atoms with Gasteiger partial charge >= 0.3 is 0 Å². The van der Waals surface area contributed by atoms with E-state index < -0.39 is 29.7 Å². The lowest BCUT2D eigenvalue weighted by molar-refractivity contribution is -0.136. The molecule has 9 rings (SSSR count). The summed E-state index contributed by atoms with van der Waals surface area (Å²) in [5, 5.41) is 29.3. The summed E-state index contributed by atoms with van der Waals surface area (Å²) in [6, 6.07) is 32.7. The number of carbonyl (C=O) groups excluding carboxylic acids is 5. The number of aliphatic hydroxyl groups is 1. The summed E-state index contributed by atoms with van der Waals surface area (Å²) < 4.78 is 4.20. The SMILES string of the molecule is N=c1c2c(-c3ccccc3)c(-c3ccccc3)n(Cc3cccc(CNC(=O)CCCCCNc4cccc5c4C(=O)N(C4CCC(=O)NC4=O)C5=O)c3)c2ncn1[C@H]1CC[C@H](O)CC1. The summed E-state index contributed by atoms with van der Waals surface area (Å²) in [5.41, 5.74) is 8.05. The van der Waals surface area contributed by atoms with Crippen LogP contribution < -0.4 is 21.4 Å². The van der Waals surface area contributed by atoms with E-state index in [1.807, 2.05) is 53.1 Å². The zero-order chi connectivity index (χ0) is 45.0. The van der Waals surface area contributed by atoms with Crippen LogP contribution >= 0.6 is 0 Å². The van der Waals surface area contributed by atoms with Gasteiger partial charge in [0.05, 0.1) is 34.6 Å². The Balaban J connectivity index is 0.842. The highest BCUT2D eigenvalue weighted by Crippen LogP contribution is 2.40. The van der Waals surface area contributed by atoms with Crippen molar-refractivity contribution >= 4 is 46.3 Å². The molecule has 5 amide bonds. The number of aliphatic hydroxyl groups excluding tert-OH is 1. The third-order valence-electron chi connectivity index (χ3n) is 12.9. The number of unbranched alkanes of at least 4 members (excludes halogenated alkanes) is 2. The molecule has 1 unspecified atom stereocenters. The van der Waals surface area contributed by atoms with Crippen molar-refractivity contribution in [3.8, 4) is 22.4 Å². The predicted molar refractivity (Wildman–Crippen MR) is 245 cm³/mol. The molecule has 1 saturated heterocycles. The van der Waals surface area contributed by atoms with E-state index in [4.69, 9.17) is 4.98 Å². The third kappa shape index (κ3) is 8.86. The van der Waals surface area contributed by atoms with Crippen molar-refractivity contribution in [2.75, 3.05) is 11.9 Å². The molecule has 6 aromatic rings. The van der Waals surface area contributed by atoms with Gasteiger partial charge in [-0.25, -0.2) is 4.98 Å². The van der Waals surface area contributed by atoms with Gasteiger partial charge in [0.1, 0.15) is 17.2 Å². The van der Waals surface area contributed by atoms with Gasteiger partial charge in [-0.05, 0) is 79.3 Å². The van der Waals surface area contributed by atoms with Crippen LogP contribution in [0.4, 0.5) is 5.69 Å². The number of hydrogen-bond acceptors (Lipinski definition) is 9. The molecule has 0 radical (unpaired) electrons. The number of carbonyl (C=O) groups is 5. The second-order valence-electron chi connectivity index (χ2n) is 17.2. The molecular weight excluding hydrogens is 821 g/mol. The van der Waals surface area contributed by atoms with E-state index in [1.54, 1.807) is 24.5 Å². The van der Waals surface area contributed by atoms with Crippen LogP contribution in [0.15, 0.2) is 109 Å². The average Bonchev–Trinajstić information content (AvgIpc) is 3.78. The molecule has 0 spiro atoms. The average molecular weight is 873 g/mol. The predicted octanol–water partition coefficient (Wildman–Crippen LogP) is 6.87. The van der Waals surface area contributed by atoms with E-state index in [0.717, 1.165) is 75.1 Å². The fourth-order valence-electron chi connectivity index (χ4n) is 9.60. The molecule has 4 heterocycles. The Morgan fingerprint density at radius 3 is 2.26 bits per heavy atom. The smallest absolute Gasteiger partial charge is 0.264 e. The quantitative estimate of drug-likeness (QED) is 0.0546. The maximum atomic E-state index is 13.4. The number of imide groups is 2. The zero-order valence-electron chi connectivity index (χ0n) is 36.1. The van der Waals surface area contributed by atoms with Crippen molar-refractivity contribution in [2.45, 2.75) is 95.5 Å². The van der Waals surface area contributed by atoms with Gasteiger partial charge in [-0.15, -0.1) is 0 Å². The van der Waals surface area contributed by atoms with Gasteiger partial charge < -0.3 is 24.9 Å². The summed E-state index contributed by atoms with van der Waals surface area (Å²) in [6.45, 7) is 1.38. The van der Waals surface area contributed by atoms with Gasteiger partial charge in [-0.2, -0.15) is 0 Å². The summed E-state index contributed by atoms with van der Waals surface area (Å²) in [5.74, 6) is -2.21. The van der Waals surface area contributed by atoms with Crippen LogP contribution in [0.2, 0.25) is 0 Å². The minimum Gasteiger partial charge on any atom is -0.393 e. The second kappa shape index (κ2) is 18.9. The molecule has 14 heteroatoms. The maximum Gasteiger partial charge on any atom is 0.264 e. The lowest BCUT2D eigenvalue weighted by Crippen LogP contribution is -2.54. The molecule has 65 heavy (non-hydrogen) atoms. The number of amides is 5. The third-order valence-corrected chi connectivity index (χ3v) is 12.9. The fourth-order valence-corrected chi connectivity index (χ4v) is 9.60. The molecule has 2 fully saturated rings. The number of piperidine rings is 1. The first-order valence-corrected chi connectivity index (χ1v) is 22.6. The van der Waals surface area contributed by atoms with E-state index >= 15 is 0 Å². The second-order valence-corrected chi connectivity index (χ2v) is 17.2. The zero-order valence-corrected chi connectivity index (χ0v) is 36.1. The van der Waals surface area contributed by atoms with Crippen LogP contribution in [-0.2, 0) is 27.5 Å². The number of rotatable bonds is 15. The normalized spacial score (nSPS) is 18.5. The maximum absolute atomic E-state index is 13.4. The van der Waals surface area contributed by atoms with Crippen molar-refractivity contribution < 1.29 is 29.1 Å². The number of nitrogens with zero attached hydrogens (tertiary/aromatic N) is 4. The van der Waals surface area contributed by atoms with Crippen LogP contribution in [0.5, 0.6) is 0 Å². The number of aromatic nitrogens is 3. The van der Waals surface area contributed by atoms with Crippen LogP contribution in [-0.4, -0.2) is 72.4 Å². The molecule has 1 aliphatic carbocycles. The highest BCUT2D eigenvalue weighted by atomic mass is 16.3. The monoisotopic (exact) mass is 872 g/mol. The number of nitrogens with one attached hydrogen (secondary N) is 4. The fraction of sp³-hybridized carbons (Fsp3) is 0.314. The van der Waals surface area contributed by atoms with E-state index in [9.17, 15) is 34.5 Å². The molecule has 332 valence electrons. The van der Waals surface area contributed by atoms with Crippen LogP contribution in [0, 0.1) is 5.41 Å².